The summed E-state index contributed by atoms with van der Waals surface area (Å²) < 4.78 is 0. The number of carbonyl (C=O) groups is 2. The van der Waals surface area contributed by atoms with E-state index in [2.05, 4.69) is 0 Å². The number of phenolic OH excluding ortho intramolecular Hbond substituents is 1. The quantitative estimate of drug-likeness (QED) is 0.816. The maximum Gasteiger partial charge on any atom is 0.186 e. The molecule has 0 aliphatic carbocycles. The molecule has 0 unspecified atom stereocenters. The van der Waals surface area contributed by atoms with Crippen LogP contribution in [0.3, 0.4) is 0 Å². The Balaban J connectivity index is 2.67. The second-order valence-corrected chi connectivity index (χ2v) is 4.34. The van der Waals surface area contributed by atoms with Gasteiger partial charge in [-0.3, -0.25) is 9.59 Å². The van der Waals surface area contributed by atoms with E-state index >= 15 is 0 Å². The van der Waals surface area contributed by atoms with Crippen LogP contribution < -0.4 is 0 Å². The van der Waals surface area contributed by atoms with E-state index in [1.165, 1.54) is 24.8 Å². The van der Waals surface area contributed by atoms with Crippen molar-refractivity contribution in [3.8, 4) is 5.75 Å². The van der Waals surface area contributed by atoms with Crippen molar-refractivity contribution in [1.29, 1.82) is 0 Å². The molecule has 0 saturated heterocycles. The zero-order chi connectivity index (χ0) is 12.0. The Morgan fingerprint density at radius 1 is 1.50 bits per heavy atom. The zero-order valence-electron chi connectivity index (χ0n) is 8.84. The number of phenols is 1. The number of thioether (sulfide) groups is 1. The van der Waals surface area contributed by atoms with Crippen molar-refractivity contribution < 1.29 is 14.7 Å². The molecule has 1 aromatic carbocycles. The van der Waals surface area contributed by atoms with Gasteiger partial charge in [-0.15, -0.1) is 0 Å². The number of benzene rings is 1. The van der Waals surface area contributed by atoms with Gasteiger partial charge in [-0.1, -0.05) is 30.0 Å². The van der Waals surface area contributed by atoms with Gasteiger partial charge in [0.05, 0.1) is 5.56 Å². The molecule has 0 amide bonds. The highest BCUT2D eigenvalue weighted by Crippen LogP contribution is 2.17. The molecule has 1 aromatic rings. The Morgan fingerprint density at radius 2 is 2.25 bits per heavy atom. The lowest BCUT2D eigenvalue weighted by molar-refractivity contribution is -0.109. The van der Waals surface area contributed by atoms with Crippen LogP contribution in [0.1, 0.15) is 22.8 Å². The molecule has 0 spiro atoms. The molecular formula is C12H12O3S. The third-order valence-electron chi connectivity index (χ3n) is 1.87. The molecule has 3 nitrogen and oxygen atoms in total. The van der Waals surface area contributed by atoms with Gasteiger partial charge < -0.3 is 5.11 Å². The standard InChI is InChI=1S/C12H12O3S/c1-9(14)16-6-2-3-10-4-5-12(15)11(7-10)8-13/h2-5,7-8,15H,6H2,1H3. The largest absolute Gasteiger partial charge is 0.507 e. The summed E-state index contributed by atoms with van der Waals surface area (Å²) >= 11 is 1.22. The monoisotopic (exact) mass is 236 g/mol. The van der Waals surface area contributed by atoms with Crippen LogP contribution in [-0.4, -0.2) is 22.3 Å². The van der Waals surface area contributed by atoms with Crippen molar-refractivity contribution in [3.63, 3.8) is 0 Å². The Kier molecular flexibility index (Phi) is 4.79. The maximum absolute atomic E-state index is 10.6. The highest BCUT2D eigenvalue weighted by molar-refractivity contribution is 8.13. The predicted octanol–water partition coefficient (Wildman–Crippen LogP) is 2.50. The highest BCUT2D eigenvalue weighted by atomic mass is 32.2. The number of aromatic hydroxyl groups is 1. The number of aldehydes is 1. The Hall–Kier alpha value is -1.55. The molecule has 0 fully saturated rings. The van der Waals surface area contributed by atoms with Crippen LogP contribution in [0.2, 0.25) is 0 Å². The summed E-state index contributed by atoms with van der Waals surface area (Å²) in [5, 5.41) is 9.35. The summed E-state index contributed by atoms with van der Waals surface area (Å²) in [6.07, 6.45) is 4.26. The summed E-state index contributed by atoms with van der Waals surface area (Å²) in [4.78, 5) is 21.2. The molecule has 0 atom stereocenters. The molecule has 4 heteroatoms. The zero-order valence-corrected chi connectivity index (χ0v) is 9.66. The molecule has 0 saturated carbocycles. The fraction of sp³-hybridized carbons (Fsp3) is 0.167. The van der Waals surface area contributed by atoms with E-state index in [9.17, 15) is 14.7 Å². The first-order valence-corrected chi connectivity index (χ1v) is 5.70. The third kappa shape index (κ3) is 3.90. The van der Waals surface area contributed by atoms with Crippen LogP contribution in [0, 0.1) is 0 Å². The van der Waals surface area contributed by atoms with Crippen LogP contribution in [0.5, 0.6) is 5.75 Å². The average Bonchev–Trinajstić information content (AvgIpc) is 2.26. The second kappa shape index (κ2) is 6.12. The molecule has 0 aromatic heterocycles. The van der Waals surface area contributed by atoms with Gasteiger partial charge in [0.2, 0.25) is 0 Å². The summed E-state index contributed by atoms with van der Waals surface area (Å²) in [5.74, 6) is 0.581. The molecule has 0 aliphatic rings. The van der Waals surface area contributed by atoms with Gasteiger partial charge in [0.1, 0.15) is 5.75 Å². The minimum atomic E-state index is -0.0229. The van der Waals surface area contributed by atoms with Crippen LogP contribution in [0.4, 0.5) is 0 Å². The van der Waals surface area contributed by atoms with Crippen molar-refractivity contribution in [1.82, 2.24) is 0 Å². The molecule has 1 rings (SSSR count). The third-order valence-corrected chi connectivity index (χ3v) is 2.64. The van der Waals surface area contributed by atoms with Crippen molar-refractivity contribution in [3.05, 3.63) is 35.4 Å². The van der Waals surface area contributed by atoms with E-state index in [4.69, 9.17) is 0 Å². The van der Waals surface area contributed by atoms with Gasteiger partial charge in [-0.25, -0.2) is 0 Å². The Morgan fingerprint density at radius 3 is 2.88 bits per heavy atom. The Labute approximate surface area is 98.2 Å². The summed E-state index contributed by atoms with van der Waals surface area (Å²) in [6, 6.07) is 4.77. The van der Waals surface area contributed by atoms with E-state index in [1.807, 2.05) is 12.2 Å². The van der Waals surface area contributed by atoms with E-state index in [0.29, 0.717) is 12.0 Å². The number of hydrogen-bond donors (Lipinski definition) is 1. The van der Waals surface area contributed by atoms with E-state index in [0.717, 1.165) is 5.56 Å². The molecule has 0 radical (unpaired) electrons. The molecule has 84 valence electrons. The minimum absolute atomic E-state index is 0.0229. The normalized spacial score (nSPS) is 10.6. The fourth-order valence-electron chi connectivity index (χ4n) is 1.12. The first-order chi connectivity index (χ1) is 7.63. The molecular weight excluding hydrogens is 224 g/mol. The predicted molar refractivity (Wildman–Crippen MR) is 65.7 cm³/mol. The smallest absolute Gasteiger partial charge is 0.186 e. The number of rotatable bonds is 4. The highest BCUT2D eigenvalue weighted by Gasteiger charge is 1.99. The van der Waals surface area contributed by atoms with Gasteiger partial charge in [-0.2, -0.15) is 0 Å². The lowest BCUT2D eigenvalue weighted by atomic mass is 10.1. The van der Waals surface area contributed by atoms with Crippen LogP contribution in [-0.2, 0) is 4.79 Å². The number of hydrogen-bond acceptors (Lipinski definition) is 4. The van der Waals surface area contributed by atoms with E-state index < -0.39 is 0 Å². The van der Waals surface area contributed by atoms with Crippen LogP contribution >= 0.6 is 11.8 Å². The van der Waals surface area contributed by atoms with E-state index in [-0.39, 0.29) is 16.4 Å². The molecule has 0 heterocycles. The summed E-state index contributed by atoms with van der Waals surface area (Å²) in [5.41, 5.74) is 1.09. The van der Waals surface area contributed by atoms with Crippen LogP contribution in [0.25, 0.3) is 6.08 Å². The lowest BCUT2D eigenvalue weighted by Gasteiger charge is -1.98. The summed E-state index contributed by atoms with van der Waals surface area (Å²) in [7, 11) is 0. The second-order valence-electron chi connectivity index (χ2n) is 3.14. The molecule has 1 N–H and O–H groups in total. The SMILES string of the molecule is CC(=O)SCC=Cc1ccc(O)c(C=O)c1. The molecule has 0 aliphatic heterocycles. The van der Waals surface area contributed by atoms with Crippen molar-refractivity contribution in [2.75, 3.05) is 5.75 Å². The van der Waals surface area contributed by atoms with Gasteiger partial charge in [0.15, 0.2) is 11.4 Å². The van der Waals surface area contributed by atoms with Gasteiger partial charge >= 0.3 is 0 Å². The topological polar surface area (TPSA) is 54.4 Å². The fourth-order valence-corrected chi connectivity index (χ4v) is 1.55. The van der Waals surface area contributed by atoms with Crippen molar-refractivity contribution in [2.45, 2.75) is 6.92 Å². The maximum atomic E-state index is 10.6. The van der Waals surface area contributed by atoms with Gasteiger partial charge in [0, 0.05) is 12.7 Å². The lowest BCUT2D eigenvalue weighted by Crippen LogP contribution is -1.84. The molecule has 0 bridgehead atoms. The first-order valence-electron chi connectivity index (χ1n) is 4.71. The van der Waals surface area contributed by atoms with Crippen LogP contribution in [0.15, 0.2) is 24.3 Å². The van der Waals surface area contributed by atoms with Gasteiger partial charge in [-0.05, 0) is 17.7 Å². The summed E-state index contributed by atoms with van der Waals surface area (Å²) in [6.45, 7) is 1.52. The number of carbonyl (C=O) groups excluding carboxylic acids is 2. The van der Waals surface area contributed by atoms with Crippen molar-refractivity contribution in [2.24, 2.45) is 0 Å². The average molecular weight is 236 g/mol. The van der Waals surface area contributed by atoms with Gasteiger partial charge in [0.25, 0.3) is 0 Å². The Bertz CT molecular complexity index is 424. The van der Waals surface area contributed by atoms with E-state index in [1.54, 1.807) is 12.1 Å². The molecule has 16 heavy (non-hydrogen) atoms. The minimum Gasteiger partial charge on any atom is -0.507 e. The first kappa shape index (κ1) is 12.5. The van der Waals surface area contributed by atoms with Crippen molar-refractivity contribution >= 4 is 29.2 Å².